The molecular weight excluding hydrogens is 134 g/mol. The second kappa shape index (κ2) is 5.20. The first-order chi connectivity index (χ1) is 4.76. The third kappa shape index (κ3) is 2.80. The summed E-state index contributed by atoms with van der Waals surface area (Å²) in [7, 11) is 1.31. The minimum atomic E-state index is -0.602. The van der Waals surface area contributed by atoms with E-state index in [4.69, 9.17) is 10.5 Å². The molecular formula is C6H13NO3. The highest BCUT2D eigenvalue weighted by molar-refractivity contribution is 5.74. The van der Waals surface area contributed by atoms with Gasteiger partial charge in [0.1, 0.15) is 0 Å². The molecule has 1 atom stereocenters. The first-order valence-corrected chi connectivity index (χ1v) is 3.15. The van der Waals surface area contributed by atoms with Gasteiger partial charge < -0.3 is 15.2 Å². The van der Waals surface area contributed by atoms with Crippen LogP contribution in [0.2, 0.25) is 0 Å². The number of esters is 1. The van der Waals surface area contributed by atoms with Crippen molar-refractivity contribution in [3.8, 4) is 0 Å². The molecule has 0 bridgehead atoms. The first kappa shape index (κ1) is 9.39. The molecule has 0 spiro atoms. The molecule has 0 aliphatic carbocycles. The Morgan fingerprint density at radius 1 is 1.70 bits per heavy atom. The van der Waals surface area contributed by atoms with Gasteiger partial charge in [0.2, 0.25) is 0 Å². The van der Waals surface area contributed by atoms with Crippen LogP contribution in [0.1, 0.15) is 6.92 Å². The van der Waals surface area contributed by atoms with Gasteiger partial charge in [-0.25, -0.2) is 4.79 Å². The lowest BCUT2D eigenvalue weighted by Crippen LogP contribution is -2.33. The Morgan fingerprint density at radius 2 is 2.30 bits per heavy atom. The molecule has 0 aromatic heterocycles. The zero-order chi connectivity index (χ0) is 7.98. The fraction of sp³-hybridized carbons (Fsp3) is 0.833. The van der Waals surface area contributed by atoms with Crippen molar-refractivity contribution >= 4 is 5.97 Å². The third-order valence-electron chi connectivity index (χ3n) is 1.05. The molecule has 0 amide bonds. The molecule has 0 rings (SSSR count). The fourth-order valence-corrected chi connectivity index (χ4v) is 0.565. The largest absolute Gasteiger partial charge is 0.467 e. The second-order valence-electron chi connectivity index (χ2n) is 1.70. The lowest BCUT2D eigenvalue weighted by atomic mass is 10.4. The van der Waals surface area contributed by atoms with Crippen LogP contribution in [-0.4, -0.2) is 32.3 Å². The van der Waals surface area contributed by atoms with Crippen LogP contribution < -0.4 is 5.73 Å². The van der Waals surface area contributed by atoms with Crippen LogP contribution in [0, 0.1) is 0 Å². The van der Waals surface area contributed by atoms with Crippen LogP contribution in [0.15, 0.2) is 0 Å². The second-order valence-corrected chi connectivity index (χ2v) is 1.70. The Bertz CT molecular complexity index is 105. The van der Waals surface area contributed by atoms with Crippen molar-refractivity contribution < 1.29 is 14.3 Å². The monoisotopic (exact) mass is 147 g/mol. The van der Waals surface area contributed by atoms with Crippen molar-refractivity contribution in [2.45, 2.75) is 13.0 Å². The zero-order valence-corrected chi connectivity index (χ0v) is 6.29. The Morgan fingerprint density at radius 3 is 2.60 bits per heavy atom. The van der Waals surface area contributed by atoms with Crippen molar-refractivity contribution in [1.29, 1.82) is 0 Å². The summed E-state index contributed by atoms with van der Waals surface area (Å²) in [6.45, 7) is 2.43. The Hall–Kier alpha value is -0.610. The Kier molecular flexibility index (Phi) is 4.88. The molecule has 2 N–H and O–H groups in total. The highest BCUT2D eigenvalue weighted by Gasteiger charge is 2.16. The predicted octanol–water partition coefficient (Wildman–Crippen LogP) is -0.477. The molecule has 0 heterocycles. The molecule has 0 aromatic carbocycles. The number of hydrogen-bond acceptors (Lipinski definition) is 4. The molecule has 4 nitrogen and oxygen atoms in total. The minimum absolute atomic E-state index is 0.167. The van der Waals surface area contributed by atoms with Crippen LogP contribution in [0.3, 0.4) is 0 Å². The topological polar surface area (TPSA) is 61.5 Å². The van der Waals surface area contributed by atoms with Crippen LogP contribution >= 0.6 is 0 Å². The molecule has 0 saturated heterocycles. The quantitative estimate of drug-likeness (QED) is 0.546. The molecule has 0 aliphatic heterocycles. The molecule has 0 saturated carbocycles. The van der Waals surface area contributed by atoms with E-state index in [0.717, 1.165) is 0 Å². The van der Waals surface area contributed by atoms with Crippen molar-refractivity contribution in [2.75, 3.05) is 20.3 Å². The number of ether oxygens (including phenoxy) is 2. The normalized spacial score (nSPS) is 12.7. The van der Waals surface area contributed by atoms with Gasteiger partial charge in [-0.15, -0.1) is 0 Å². The summed E-state index contributed by atoms with van der Waals surface area (Å²) in [5.41, 5.74) is 5.21. The average Bonchev–Trinajstić information content (AvgIpc) is 1.99. The highest BCUT2D eigenvalue weighted by Crippen LogP contribution is 1.91. The van der Waals surface area contributed by atoms with Crippen molar-refractivity contribution in [1.82, 2.24) is 0 Å². The zero-order valence-electron chi connectivity index (χ0n) is 6.29. The maximum absolute atomic E-state index is 10.7. The minimum Gasteiger partial charge on any atom is -0.467 e. The number of carbonyl (C=O) groups is 1. The fourth-order valence-electron chi connectivity index (χ4n) is 0.565. The highest BCUT2D eigenvalue weighted by atomic mass is 16.6. The van der Waals surface area contributed by atoms with Gasteiger partial charge in [-0.05, 0) is 6.92 Å². The number of nitrogens with two attached hydrogens (primary N) is 1. The van der Waals surface area contributed by atoms with E-state index in [1.165, 1.54) is 7.11 Å². The smallest absolute Gasteiger partial charge is 0.336 e. The third-order valence-corrected chi connectivity index (χ3v) is 1.05. The average molecular weight is 147 g/mol. The summed E-state index contributed by atoms with van der Waals surface area (Å²) >= 11 is 0. The first-order valence-electron chi connectivity index (χ1n) is 3.15. The SMILES string of the molecule is CCOC(CN)C(=O)OC. The van der Waals surface area contributed by atoms with Gasteiger partial charge in [-0.3, -0.25) is 0 Å². The van der Waals surface area contributed by atoms with E-state index >= 15 is 0 Å². The summed E-state index contributed by atoms with van der Waals surface area (Å²) in [6, 6.07) is 0. The molecule has 10 heavy (non-hydrogen) atoms. The molecule has 0 aromatic rings. The summed E-state index contributed by atoms with van der Waals surface area (Å²) in [4.78, 5) is 10.7. The maximum atomic E-state index is 10.7. The van der Waals surface area contributed by atoms with Gasteiger partial charge in [0, 0.05) is 13.2 Å². The number of carbonyl (C=O) groups excluding carboxylic acids is 1. The van der Waals surface area contributed by atoms with Crippen molar-refractivity contribution in [3.05, 3.63) is 0 Å². The summed E-state index contributed by atoms with van der Waals surface area (Å²) in [6.07, 6.45) is -0.602. The van der Waals surface area contributed by atoms with Gasteiger partial charge >= 0.3 is 5.97 Å². The number of methoxy groups -OCH3 is 1. The van der Waals surface area contributed by atoms with E-state index in [1.807, 2.05) is 0 Å². The summed E-state index contributed by atoms with van der Waals surface area (Å²) in [5, 5.41) is 0. The lowest BCUT2D eigenvalue weighted by molar-refractivity contribution is -0.153. The Labute approximate surface area is 60.3 Å². The van der Waals surface area contributed by atoms with Crippen LogP contribution in [0.5, 0.6) is 0 Å². The summed E-state index contributed by atoms with van der Waals surface area (Å²) in [5.74, 6) is -0.413. The van der Waals surface area contributed by atoms with Crippen molar-refractivity contribution in [2.24, 2.45) is 5.73 Å². The summed E-state index contributed by atoms with van der Waals surface area (Å²) < 4.78 is 9.36. The molecule has 0 radical (unpaired) electrons. The van der Waals surface area contributed by atoms with E-state index in [9.17, 15) is 4.79 Å². The Balaban J connectivity index is 3.68. The van der Waals surface area contributed by atoms with Gasteiger partial charge in [-0.2, -0.15) is 0 Å². The molecule has 0 fully saturated rings. The standard InChI is InChI=1S/C6H13NO3/c1-3-10-5(4-7)6(8)9-2/h5H,3-4,7H2,1-2H3. The van der Waals surface area contributed by atoms with Crippen molar-refractivity contribution in [3.63, 3.8) is 0 Å². The van der Waals surface area contributed by atoms with Gasteiger partial charge in [0.05, 0.1) is 7.11 Å². The van der Waals surface area contributed by atoms with E-state index in [2.05, 4.69) is 4.74 Å². The molecule has 4 heteroatoms. The van der Waals surface area contributed by atoms with Gasteiger partial charge in [0.25, 0.3) is 0 Å². The van der Waals surface area contributed by atoms with Gasteiger partial charge in [0.15, 0.2) is 6.10 Å². The lowest BCUT2D eigenvalue weighted by Gasteiger charge is -2.10. The maximum Gasteiger partial charge on any atom is 0.336 e. The van der Waals surface area contributed by atoms with Crippen LogP contribution in [0.4, 0.5) is 0 Å². The molecule has 1 unspecified atom stereocenters. The van der Waals surface area contributed by atoms with Crippen LogP contribution in [0.25, 0.3) is 0 Å². The number of rotatable bonds is 4. The van der Waals surface area contributed by atoms with E-state index in [0.29, 0.717) is 6.61 Å². The molecule has 0 aliphatic rings. The molecule has 60 valence electrons. The predicted molar refractivity (Wildman–Crippen MR) is 36.5 cm³/mol. The van der Waals surface area contributed by atoms with E-state index in [1.54, 1.807) is 6.92 Å². The van der Waals surface area contributed by atoms with E-state index in [-0.39, 0.29) is 6.54 Å². The number of hydrogen-bond donors (Lipinski definition) is 1. The van der Waals surface area contributed by atoms with Gasteiger partial charge in [-0.1, -0.05) is 0 Å². The van der Waals surface area contributed by atoms with Crippen LogP contribution in [-0.2, 0) is 14.3 Å². The van der Waals surface area contributed by atoms with E-state index < -0.39 is 12.1 Å².